The fourth-order valence-electron chi connectivity index (χ4n) is 1.69. The summed E-state index contributed by atoms with van der Waals surface area (Å²) in [4.78, 5) is 11.3. The van der Waals surface area contributed by atoms with Gasteiger partial charge in [0.2, 0.25) is 10.0 Å². The average Bonchev–Trinajstić information content (AvgIpc) is 3.21. The van der Waals surface area contributed by atoms with Crippen LogP contribution in [0.5, 0.6) is 0 Å². The second kappa shape index (κ2) is 6.08. The number of aliphatic hydroxyl groups is 1. The van der Waals surface area contributed by atoms with E-state index in [1.807, 2.05) is 0 Å². The minimum absolute atomic E-state index is 0.0212. The smallest absolute Gasteiger partial charge is 0.251 e. The lowest BCUT2D eigenvalue weighted by Gasteiger charge is -2.12. The molecule has 0 aliphatic heterocycles. The van der Waals surface area contributed by atoms with Gasteiger partial charge in [-0.15, -0.1) is 0 Å². The molecule has 0 aromatic heterocycles. The number of aliphatic hydroxyl groups excluding tert-OH is 1. The van der Waals surface area contributed by atoms with E-state index in [0.29, 0.717) is 0 Å². The molecule has 1 amide bonds. The molecule has 1 atom stereocenters. The molecular weight excluding hydrogens is 299 g/mol. The van der Waals surface area contributed by atoms with Gasteiger partial charge in [-0.25, -0.2) is 17.5 Å². The predicted octanol–water partition coefficient (Wildman–Crippen LogP) is 0.377. The fraction of sp³-hybridized carbons (Fsp3) is 0.462. The summed E-state index contributed by atoms with van der Waals surface area (Å²) < 4.78 is 40.2. The molecule has 1 aliphatic carbocycles. The Hall–Kier alpha value is -1.51. The molecule has 0 radical (unpaired) electrons. The van der Waals surface area contributed by atoms with Crippen LogP contribution in [0.1, 0.15) is 30.1 Å². The molecule has 0 heterocycles. The Morgan fingerprint density at radius 1 is 1.48 bits per heavy atom. The van der Waals surface area contributed by atoms with Crippen molar-refractivity contribution in [2.75, 3.05) is 6.61 Å². The third-order valence-electron chi connectivity index (χ3n) is 3.03. The van der Waals surface area contributed by atoms with Crippen molar-refractivity contribution in [1.82, 2.24) is 10.0 Å². The van der Waals surface area contributed by atoms with Gasteiger partial charge in [0.05, 0.1) is 6.61 Å². The Labute approximate surface area is 122 Å². The van der Waals surface area contributed by atoms with Crippen molar-refractivity contribution in [3.05, 3.63) is 29.6 Å². The average molecular weight is 316 g/mol. The summed E-state index contributed by atoms with van der Waals surface area (Å²) in [5.41, 5.74) is 0.0212. The summed E-state index contributed by atoms with van der Waals surface area (Å²) in [6, 6.07) is 2.51. The van der Waals surface area contributed by atoms with Crippen LogP contribution in [0.4, 0.5) is 4.39 Å². The van der Waals surface area contributed by atoms with Crippen molar-refractivity contribution in [1.29, 1.82) is 0 Å². The van der Waals surface area contributed by atoms with Crippen LogP contribution < -0.4 is 10.0 Å². The number of benzene rings is 1. The van der Waals surface area contributed by atoms with Gasteiger partial charge in [0.25, 0.3) is 5.91 Å². The van der Waals surface area contributed by atoms with E-state index in [1.54, 1.807) is 6.92 Å². The van der Waals surface area contributed by atoms with Gasteiger partial charge in [0.1, 0.15) is 10.7 Å². The van der Waals surface area contributed by atoms with Crippen LogP contribution in [0.15, 0.2) is 23.1 Å². The highest BCUT2D eigenvalue weighted by atomic mass is 32.2. The molecule has 1 unspecified atom stereocenters. The number of carbonyl (C=O) groups is 1. The number of nitrogens with one attached hydrogen (secondary N) is 2. The molecule has 0 bridgehead atoms. The Kier molecular flexibility index (Phi) is 4.60. The maximum absolute atomic E-state index is 13.7. The first-order chi connectivity index (χ1) is 9.83. The summed E-state index contributed by atoms with van der Waals surface area (Å²) in [6.07, 6.45) is 1.46. The van der Waals surface area contributed by atoms with E-state index >= 15 is 0 Å². The summed E-state index contributed by atoms with van der Waals surface area (Å²) in [5, 5.41) is 11.4. The van der Waals surface area contributed by atoms with E-state index in [2.05, 4.69) is 10.0 Å². The molecule has 1 aromatic rings. The molecule has 8 heteroatoms. The summed E-state index contributed by atoms with van der Waals surface area (Å²) in [7, 11) is -3.97. The Balaban J connectivity index is 2.26. The van der Waals surface area contributed by atoms with Gasteiger partial charge in [-0.2, -0.15) is 0 Å². The second-order valence-corrected chi connectivity index (χ2v) is 6.78. The van der Waals surface area contributed by atoms with Crippen LogP contribution >= 0.6 is 0 Å². The molecule has 1 fully saturated rings. The maximum Gasteiger partial charge on any atom is 0.251 e. The number of hydrogen-bond acceptors (Lipinski definition) is 4. The first-order valence-corrected chi connectivity index (χ1v) is 8.05. The number of amides is 1. The van der Waals surface area contributed by atoms with Gasteiger partial charge in [0.15, 0.2) is 0 Å². The molecular formula is C13H17FN2O4S. The van der Waals surface area contributed by atoms with Gasteiger partial charge in [-0.05, 0) is 38.0 Å². The van der Waals surface area contributed by atoms with Crippen molar-refractivity contribution in [2.45, 2.75) is 36.7 Å². The second-order valence-electron chi connectivity index (χ2n) is 5.10. The topological polar surface area (TPSA) is 95.5 Å². The Bertz CT molecular complexity index is 644. The molecule has 1 saturated carbocycles. The number of sulfonamides is 1. The van der Waals surface area contributed by atoms with Crippen LogP contribution in [0.25, 0.3) is 0 Å². The van der Waals surface area contributed by atoms with E-state index in [0.717, 1.165) is 25.0 Å². The molecule has 1 aliphatic rings. The zero-order valence-electron chi connectivity index (χ0n) is 11.5. The molecule has 21 heavy (non-hydrogen) atoms. The SMILES string of the molecule is CC(CO)NC(=O)c1ccc(F)c(S(=O)(=O)NC2CC2)c1. The molecule has 116 valence electrons. The van der Waals surface area contributed by atoms with Crippen molar-refractivity contribution in [2.24, 2.45) is 0 Å². The van der Waals surface area contributed by atoms with Crippen molar-refractivity contribution < 1.29 is 22.7 Å². The zero-order chi connectivity index (χ0) is 15.6. The lowest BCUT2D eigenvalue weighted by atomic mass is 10.2. The predicted molar refractivity (Wildman–Crippen MR) is 73.8 cm³/mol. The third kappa shape index (κ3) is 3.99. The van der Waals surface area contributed by atoms with E-state index in [-0.39, 0.29) is 18.2 Å². The van der Waals surface area contributed by atoms with Gasteiger partial charge in [-0.1, -0.05) is 0 Å². The highest BCUT2D eigenvalue weighted by Crippen LogP contribution is 2.24. The molecule has 6 nitrogen and oxygen atoms in total. The summed E-state index contributed by atoms with van der Waals surface area (Å²) in [5.74, 6) is -1.48. The highest BCUT2D eigenvalue weighted by Gasteiger charge is 2.30. The normalized spacial score (nSPS) is 16.5. The lowest BCUT2D eigenvalue weighted by Crippen LogP contribution is -2.35. The van der Waals surface area contributed by atoms with E-state index in [4.69, 9.17) is 5.11 Å². The Morgan fingerprint density at radius 2 is 2.14 bits per heavy atom. The zero-order valence-corrected chi connectivity index (χ0v) is 12.3. The third-order valence-corrected chi connectivity index (χ3v) is 4.57. The van der Waals surface area contributed by atoms with E-state index < -0.39 is 32.7 Å². The molecule has 0 saturated heterocycles. The lowest BCUT2D eigenvalue weighted by molar-refractivity contribution is 0.0922. The summed E-state index contributed by atoms with van der Waals surface area (Å²) in [6.45, 7) is 1.34. The number of carbonyl (C=O) groups excluding carboxylic acids is 1. The van der Waals surface area contributed by atoms with Crippen LogP contribution in [0.3, 0.4) is 0 Å². The molecule has 2 rings (SSSR count). The van der Waals surface area contributed by atoms with Gasteiger partial charge in [0, 0.05) is 17.6 Å². The van der Waals surface area contributed by atoms with Crippen molar-refractivity contribution in [3.63, 3.8) is 0 Å². The molecule has 3 N–H and O–H groups in total. The monoisotopic (exact) mass is 316 g/mol. The van der Waals surface area contributed by atoms with E-state index in [1.165, 1.54) is 6.07 Å². The molecule has 0 spiro atoms. The summed E-state index contributed by atoms with van der Waals surface area (Å²) >= 11 is 0. The van der Waals surface area contributed by atoms with Gasteiger partial charge >= 0.3 is 0 Å². The fourth-order valence-corrected chi connectivity index (χ4v) is 3.10. The minimum atomic E-state index is -3.97. The van der Waals surface area contributed by atoms with Crippen molar-refractivity contribution in [3.8, 4) is 0 Å². The number of hydrogen-bond donors (Lipinski definition) is 3. The number of rotatable bonds is 6. The molecule has 1 aromatic carbocycles. The largest absolute Gasteiger partial charge is 0.394 e. The quantitative estimate of drug-likeness (QED) is 0.707. The minimum Gasteiger partial charge on any atom is -0.394 e. The highest BCUT2D eigenvalue weighted by molar-refractivity contribution is 7.89. The van der Waals surface area contributed by atoms with Gasteiger partial charge in [-0.3, -0.25) is 4.79 Å². The van der Waals surface area contributed by atoms with Crippen molar-refractivity contribution >= 4 is 15.9 Å². The standard InChI is InChI=1S/C13H17FN2O4S/c1-8(7-17)15-13(18)9-2-5-11(14)12(6-9)21(19,20)16-10-3-4-10/h2,5-6,8,10,16-17H,3-4,7H2,1H3,(H,15,18). The van der Waals surface area contributed by atoms with E-state index in [9.17, 15) is 17.6 Å². The van der Waals surface area contributed by atoms with Crippen LogP contribution in [-0.4, -0.2) is 38.1 Å². The number of halogens is 1. The Morgan fingerprint density at radius 3 is 2.71 bits per heavy atom. The first-order valence-electron chi connectivity index (χ1n) is 6.57. The first kappa shape index (κ1) is 15.9. The maximum atomic E-state index is 13.7. The van der Waals surface area contributed by atoms with Crippen LogP contribution in [0, 0.1) is 5.82 Å². The van der Waals surface area contributed by atoms with Crippen LogP contribution in [0.2, 0.25) is 0 Å². The van der Waals surface area contributed by atoms with Crippen LogP contribution in [-0.2, 0) is 10.0 Å². The van der Waals surface area contributed by atoms with Gasteiger partial charge < -0.3 is 10.4 Å².